The van der Waals surface area contributed by atoms with Crippen molar-refractivity contribution in [3.8, 4) is 0 Å². The van der Waals surface area contributed by atoms with Gasteiger partial charge in [-0.1, -0.05) is 6.92 Å². The first-order chi connectivity index (χ1) is 9.02. The van der Waals surface area contributed by atoms with Crippen molar-refractivity contribution in [2.24, 2.45) is 11.7 Å². The molecular weight excluding hydrogens is 246 g/mol. The standard InChI is InChI=1S/C13H17N3O3/c1-8(5-14)7-16-11-3-2-9(13(18)19)4-10(11)15-6-12(16)17/h2-4,8,15H,5-7,14H2,1H3,(H,18,19). The van der Waals surface area contributed by atoms with E-state index in [2.05, 4.69) is 5.32 Å². The first-order valence-electron chi connectivity index (χ1n) is 6.14. The minimum absolute atomic E-state index is 0.0316. The van der Waals surface area contributed by atoms with Crippen LogP contribution in [0.4, 0.5) is 11.4 Å². The molecule has 1 heterocycles. The second-order valence-corrected chi connectivity index (χ2v) is 4.74. The van der Waals surface area contributed by atoms with Crippen molar-refractivity contribution >= 4 is 23.3 Å². The Morgan fingerprint density at radius 3 is 2.95 bits per heavy atom. The molecule has 0 aliphatic carbocycles. The maximum Gasteiger partial charge on any atom is 0.335 e. The maximum atomic E-state index is 11.9. The molecule has 4 N–H and O–H groups in total. The number of fused-ring (bicyclic) bond motifs is 1. The van der Waals surface area contributed by atoms with Crippen LogP contribution in [0, 0.1) is 5.92 Å². The lowest BCUT2D eigenvalue weighted by atomic mass is 10.1. The summed E-state index contributed by atoms with van der Waals surface area (Å²) in [7, 11) is 0. The maximum absolute atomic E-state index is 11.9. The van der Waals surface area contributed by atoms with E-state index < -0.39 is 5.97 Å². The van der Waals surface area contributed by atoms with Gasteiger partial charge in [-0.3, -0.25) is 4.79 Å². The van der Waals surface area contributed by atoms with Crippen molar-refractivity contribution in [3.05, 3.63) is 23.8 Å². The number of amides is 1. The van der Waals surface area contributed by atoms with Crippen molar-refractivity contribution in [1.82, 2.24) is 0 Å². The third-order valence-electron chi connectivity index (χ3n) is 3.16. The molecule has 1 amide bonds. The molecule has 0 aromatic heterocycles. The Hall–Kier alpha value is -2.08. The summed E-state index contributed by atoms with van der Waals surface area (Å²) in [4.78, 5) is 24.5. The average molecular weight is 263 g/mol. The largest absolute Gasteiger partial charge is 0.478 e. The van der Waals surface area contributed by atoms with Gasteiger partial charge in [0.1, 0.15) is 0 Å². The molecule has 1 aromatic carbocycles. The highest BCUT2D eigenvalue weighted by atomic mass is 16.4. The zero-order valence-corrected chi connectivity index (χ0v) is 10.7. The average Bonchev–Trinajstić information content (AvgIpc) is 2.41. The Bertz CT molecular complexity index is 516. The van der Waals surface area contributed by atoms with E-state index in [1.165, 1.54) is 6.07 Å². The first-order valence-corrected chi connectivity index (χ1v) is 6.14. The van der Waals surface area contributed by atoms with Crippen LogP contribution in [0.5, 0.6) is 0 Å². The second kappa shape index (κ2) is 5.27. The zero-order valence-electron chi connectivity index (χ0n) is 10.7. The molecule has 0 spiro atoms. The highest BCUT2D eigenvalue weighted by Crippen LogP contribution is 2.31. The fraction of sp³-hybridized carbons (Fsp3) is 0.385. The molecule has 6 heteroatoms. The van der Waals surface area contributed by atoms with Gasteiger partial charge < -0.3 is 21.1 Å². The van der Waals surface area contributed by atoms with Gasteiger partial charge >= 0.3 is 5.97 Å². The number of carbonyl (C=O) groups excluding carboxylic acids is 1. The van der Waals surface area contributed by atoms with Gasteiger partial charge in [0.2, 0.25) is 5.91 Å². The Kier molecular flexibility index (Phi) is 3.71. The summed E-state index contributed by atoms with van der Waals surface area (Å²) in [5.74, 6) is -0.826. The highest BCUT2D eigenvalue weighted by molar-refractivity contribution is 6.04. The summed E-state index contributed by atoms with van der Waals surface area (Å²) in [6.45, 7) is 3.18. The summed E-state index contributed by atoms with van der Waals surface area (Å²) in [5.41, 5.74) is 7.17. The minimum Gasteiger partial charge on any atom is -0.478 e. The fourth-order valence-electron chi connectivity index (χ4n) is 2.03. The van der Waals surface area contributed by atoms with Gasteiger partial charge in [0, 0.05) is 6.54 Å². The lowest BCUT2D eigenvalue weighted by molar-refractivity contribution is -0.117. The van der Waals surface area contributed by atoms with Gasteiger partial charge in [0.05, 0.1) is 23.5 Å². The number of rotatable bonds is 4. The van der Waals surface area contributed by atoms with E-state index in [0.717, 1.165) is 0 Å². The van der Waals surface area contributed by atoms with Gasteiger partial charge in [0.25, 0.3) is 0 Å². The van der Waals surface area contributed by atoms with E-state index in [1.807, 2.05) is 6.92 Å². The van der Waals surface area contributed by atoms with Crippen LogP contribution >= 0.6 is 0 Å². The topological polar surface area (TPSA) is 95.7 Å². The van der Waals surface area contributed by atoms with Crippen LogP contribution in [0.1, 0.15) is 17.3 Å². The van der Waals surface area contributed by atoms with Crippen molar-refractivity contribution in [2.45, 2.75) is 6.92 Å². The predicted molar refractivity (Wildman–Crippen MR) is 72.5 cm³/mol. The Balaban J connectivity index is 2.33. The van der Waals surface area contributed by atoms with Gasteiger partial charge in [-0.15, -0.1) is 0 Å². The van der Waals surface area contributed by atoms with Gasteiger partial charge in [-0.2, -0.15) is 0 Å². The lowest BCUT2D eigenvalue weighted by Crippen LogP contribution is -2.43. The van der Waals surface area contributed by atoms with E-state index >= 15 is 0 Å². The third kappa shape index (κ3) is 2.68. The normalized spacial score (nSPS) is 15.7. The molecule has 19 heavy (non-hydrogen) atoms. The van der Waals surface area contributed by atoms with E-state index in [4.69, 9.17) is 10.8 Å². The number of carboxylic acids is 1. The molecular formula is C13H17N3O3. The van der Waals surface area contributed by atoms with Gasteiger partial charge in [-0.25, -0.2) is 4.79 Å². The van der Waals surface area contributed by atoms with E-state index in [1.54, 1.807) is 17.0 Å². The third-order valence-corrected chi connectivity index (χ3v) is 3.16. The molecule has 1 unspecified atom stereocenters. The van der Waals surface area contributed by atoms with E-state index in [-0.39, 0.29) is 23.9 Å². The molecule has 0 fully saturated rings. The summed E-state index contributed by atoms with van der Waals surface area (Å²) in [6.07, 6.45) is 0. The van der Waals surface area contributed by atoms with E-state index in [9.17, 15) is 9.59 Å². The van der Waals surface area contributed by atoms with E-state index in [0.29, 0.717) is 24.5 Å². The number of nitrogens with zero attached hydrogens (tertiary/aromatic N) is 1. The lowest BCUT2D eigenvalue weighted by Gasteiger charge is -2.32. The number of anilines is 2. The van der Waals surface area contributed by atoms with Gasteiger partial charge in [0.15, 0.2) is 0 Å². The Morgan fingerprint density at radius 1 is 1.58 bits per heavy atom. The molecule has 1 aliphatic rings. The van der Waals surface area contributed by atoms with Crippen LogP contribution in [0.15, 0.2) is 18.2 Å². The van der Waals surface area contributed by atoms with Crippen LogP contribution in [0.2, 0.25) is 0 Å². The number of hydrogen-bond acceptors (Lipinski definition) is 4. The molecule has 0 radical (unpaired) electrons. The number of carbonyl (C=O) groups is 2. The number of benzene rings is 1. The first kappa shape index (κ1) is 13.4. The SMILES string of the molecule is CC(CN)CN1C(=O)CNc2cc(C(=O)O)ccc21. The Morgan fingerprint density at radius 2 is 2.32 bits per heavy atom. The smallest absolute Gasteiger partial charge is 0.335 e. The van der Waals surface area contributed by atoms with Crippen LogP contribution < -0.4 is 16.0 Å². The number of nitrogens with two attached hydrogens (primary N) is 1. The number of nitrogens with one attached hydrogen (secondary N) is 1. The monoisotopic (exact) mass is 263 g/mol. The molecule has 6 nitrogen and oxygen atoms in total. The summed E-state index contributed by atoms with van der Waals surface area (Å²) < 4.78 is 0. The summed E-state index contributed by atoms with van der Waals surface area (Å²) in [5, 5.41) is 11.9. The molecule has 0 saturated heterocycles. The molecule has 1 atom stereocenters. The highest BCUT2D eigenvalue weighted by Gasteiger charge is 2.25. The molecule has 1 aliphatic heterocycles. The van der Waals surface area contributed by atoms with Gasteiger partial charge in [-0.05, 0) is 30.7 Å². The quantitative estimate of drug-likeness (QED) is 0.744. The summed E-state index contributed by atoms with van der Waals surface area (Å²) in [6, 6.07) is 4.71. The Labute approximate surface area is 111 Å². The molecule has 0 bridgehead atoms. The number of carboxylic acid groups (broad SMARTS) is 1. The fourth-order valence-corrected chi connectivity index (χ4v) is 2.03. The molecule has 2 rings (SSSR count). The molecule has 0 saturated carbocycles. The second-order valence-electron chi connectivity index (χ2n) is 4.74. The van der Waals surface area contributed by atoms with Crippen molar-refractivity contribution in [1.29, 1.82) is 0 Å². The number of aromatic carboxylic acids is 1. The minimum atomic E-state index is -0.983. The van der Waals surface area contributed by atoms with Crippen LogP contribution in [-0.4, -0.2) is 36.6 Å². The summed E-state index contributed by atoms with van der Waals surface area (Å²) >= 11 is 0. The van der Waals surface area contributed by atoms with Crippen LogP contribution in [0.3, 0.4) is 0 Å². The van der Waals surface area contributed by atoms with Crippen molar-refractivity contribution in [2.75, 3.05) is 29.9 Å². The molecule has 1 aromatic rings. The molecule has 102 valence electrons. The van der Waals surface area contributed by atoms with Crippen LogP contribution in [0.25, 0.3) is 0 Å². The van der Waals surface area contributed by atoms with Crippen LogP contribution in [-0.2, 0) is 4.79 Å². The van der Waals surface area contributed by atoms with Crippen molar-refractivity contribution < 1.29 is 14.7 Å². The van der Waals surface area contributed by atoms with Crippen molar-refractivity contribution in [3.63, 3.8) is 0 Å². The number of hydrogen-bond donors (Lipinski definition) is 3. The zero-order chi connectivity index (χ0) is 14.0. The predicted octanol–water partition coefficient (Wildman–Crippen LogP) is 0.738.